The first-order valence-corrected chi connectivity index (χ1v) is 45.0. The van der Waals surface area contributed by atoms with Gasteiger partial charge in [-0.05, 0) is 103 Å². The number of aliphatic carboxylic acids is 1. The highest BCUT2D eigenvalue weighted by Gasteiger charge is 2.22. The fraction of sp³-hybridized carbons (Fsp3) is 0.781. The summed E-state index contributed by atoms with van der Waals surface area (Å²) in [6.45, 7) is 4.68. The number of carboxylic acid groups (broad SMARTS) is 1. The Labute approximate surface area is 651 Å². The van der Waals surface area contributed by atoms with Crippen LogP contribution < -0.4 is 5.11 Å². The summed E-state index contributed by atoms with van der Waals surface area (Å²) < 4.78 is 22.9. The SMILES string of the molecule is CC/C=C\C/C=C\C/C=C\C/C=C\C/C=C\C/C=C\CCCCCCCCCCCCCCCCCCCCCCC(=O)OC(COC(=O)CCCCCCCCCCCCCCCCCCCCCCCCCCCC/C=C\C/C=C\C/C=C\CCCCCCC)COC(OCC[N+](C)(C)C)C(=O)[O-]. The zero-order valence-electron chi connectivity index (χ0n) is 69.8. The van der Waals surface area contributed by atoms with E-state index in [1.807, 2.05) is 21.1 Å². The molecule has 0 rings (SSSR count). The van der Waals surface area contributed by atoms with E-state index in [4.69, 9.17) is 18.9 Å². The van der Waals surface area contributed by atoms with Crippen molar-refractivity contribution >= 4 is 17.9 Å². The topological polar surface area (TPSA) is 111 Å². The number of rotatable bonds is 84. The van der Waals surface area contributed by atoms with Crippen LogP contribution in [0.2, 0.25) is 0 Å². The monoisotopic (exact) mass is 1470 g/mol. The van der Waals surface area contributed by atoms with Gasteiger partial charge >= 0.3 is 11.9 Å². The van der Waals surface area contributed by atoms with Crippen molar-refractivity contribution in [3.05, 3.63) is 109 Å². The van der Waals surface area contributed by atoms with Gasteiger partial charge in [0.05, 0.1) is 40.3 Å². The first-order valence-electron chi connectivity index (χ1n) is 45.0. The van der Waals surface area contributed by atoms with E-state index in [-0.39, 0.29) is 32.2 Å². The van der Waals surface area contributed by atoms with Gasteiger partial charge in [-0.25, -0.2) is 0 Å². The molecule has 0 spiro atoms. The highest BCUT2D eigenvalue weighted by Crippen LogP contribution is 2.20. The third-order valence-electron chi connectivity index (χ3n) is 20.0. The molecule has 0 aliphatic heterocycles. The average Bonchev–Trinajstić information content (AvgIpc) is 1.97. The van der Waals surface area contributed by atoms with Crippen LogP contribution in [-0.2, 0) is 33.3 Å². The first-order chi connectivity index (χ1) is 51.6. The molecule has 0 aromatic heterocycles. The minimum absolute atomic E-state index is 0.148. The number of allylic oxidation sites excluding steroid dienone is 18. The van der Waals surface area contributed by atoms with Crippen LogP contribution in [0.4, 0.5) is 0 Å². The van der Waals surface area contributed by atoms with Crippen molar-refractivity contribution in [2.24, 2.45) is 0 Å². The molecule has 0 saturated heterocycles. The Kier molecular flexibility index (Phi) is 82.3. The first kappa shape index (κ1) is 101. The minimum Gasteiger partial charge on any atom is -0.545 e. The fourth-order valence-electron chi connectivity index (χ4n) is 13.2. The van der Waals surface area contributed by atoms with Gasteiger partial charge in [0.15, 0.2) is 12.4 Å². The summed E-state index contributed by atoms with van der Waals surface area (Å²) in [5.41, 5.74) is 0. The molecule has 2 unspecified atom stereocenters. The molecular weight excluding hydrogens is 1300 g/mol. The number of likely N-dealkylation sites (N-methyl/N-ethyl adjacent to an activating group) is 1. The summed E-state index contributed by atoms with van der Waals surface area (Å²) in [6, 6.07) is 0. The second-order valence-corrected chi connectivity index (χ2v) is 31.5. The summed E-state index contributed by atoms with van der Waals surface area (Å²) in [6.07, 6.45) is 118. The van der Waals surface area contributed by atoms with E-state index in [9.17, 15) is 19.5 Å². The molecule has 0 aromatic rings. The van der Waals surface area contributed by atoms with E-state index in [1.54, 1.807) is 0 Å². The number of quaternary nitrogens is 1. The van der Waals surface area contributed by atoms with Crippen molar-refractivity contribution in [2.45, 2.75) is 437 Å². The molecule has 0 bridgehead atoms. The zero-order chi connectivity index (χ0) is 76.0. The van der Waals surface area contributed by atoms with Crippen LogP contribution in [-0.4, -0.2) is 82.3 Å². The molecule has 0 radical (unpaired) electrons. The summed E-state index contributed by atoms with van der Waals surface area (Å²) in [7, 11) is 5.95. The third-order valence-corrected chi connectivity index (χ3v) is 20.0. The van der Waals surface area contributed by atoms with E-state index in [2.05, 4.69) is 123 Å². The third kappa shape index (κ3) is 87.1. The van der Waals surface area contributed by atoms with Crippen molar-refractivity contribution in [1.82, 2.24) is 0 Å². The summed E-state index contributed by atoms with van der Waals surface area (Å²) >= 11 is 0. The van der Waals surface area contributed by atoms with Gasteiger partial charge in [0, 0.05) is 12.8 Å². The number of ether oxygens (including phenoxy) is 4. The average molecular weight is 1470 g/mol. The summed E-state index contributed by atoms with van der Waals surface area (Å²) in [4.78, 5) is 37.7. The van der Waals surface area contributed by atoms with E-state index >= 15 is 0 Å². The molecular formula is C96H171NO8. The Morgan fingerprint density at radius 3 is 0.810 bits per heavy atom. The van der Waals surface area contributed by atoms with Crippen LogP contribution in [0.15, 0.2) is 109 Å². The zero-order valence-corrected chi connectivity index (χ0v) is 69.8. The van der Waals surface area contributed by atoms with E-state index in [1.165, 1.54) is 308 Å². The summed E-state index contributed by atoms with van der Waals surface area (Å²) in [5.74, 6) is -2.26. The van der Waals surface area contributed by atoms with E-state index < -0.39 is 24.3 Å². The Bertz CT molecular complexity index is 2110. The van der Waals surface area contributed by atoms with Gasteiger partial charge in [-0.1, -0.05) is 419 Å². The molecule has 0 aromatic carbocycles. The van der Waals surface area contributed by atoms with Crippen LogP contribution in [0.25, 0.3) is 0 Å². The van der Waals surface area contributed by atoms with Crippen LogP contribution >= 0.6 is 0 Å². The van der Waals surface area contributed by atoms with Gasteiger partial charge in [-0.3, -0.25) is 9.59 Å². The molecule has 2 atom stereocenters. The normalized spacial score (nSPS) is 13.1. The summed E-state index contributed by atoms with van der Waals surface area (Å²) in [5, 5.41) is 11.9. The number of hydrogen-bond donors (Lipinski definition) is 0. The van der Waals surface area contributed by atoms with E-state index in [0.717, 1.165) is 83.5 Å². The number of esters is 2. The highest BCUT2D eigenvalue weighted by atomic mass is 16.7. The van der Waals surface area contributed by atoms with Crippen molar-refractivity contribution in [3.63, 3.8) is 0 Å². The molecule has 0 amide bonds. The molecule has 0 N–H and O–H groups in total. The molecule has 0 fully saturated rings. The maximum Gasteiger partial charge on any atom is 0.306 e. The fourth-order valence-corrected chi connectivity index (χ4v) is 13.2. The van der Waals surface area contributed by atoms with Crippen molar-refractivity contribution < 1.29 is 42.9 Å². The Hall–Kier alpha value is -4.05. The van der Waals surface area contributed by atoms with Crippen LogP contribution in [0.3, 0.4) is 0 Å². The van der Waals surface area contributed by atoms with Crippen molar-refractivity contribution in [1.29, 1.82) is 0 Å². The van der Waals surface area contributed by atoms with E-state index in [0.29, 0.717) is 23.9 Å². The predicted octanol–water partition coefficient (Wildman–Crippen LogP) is 28.3. The van der Waals surface area contributed by atoms with Gasteiger partial charge < -0.3 is 33.3 Å². The van der Waals surface area contributed by atoms with Gasteiger partial charge in [0.1, 0.15) is 13.2 Å². The Balaban J connectivity index is 3.92. The van der Waals surface area contributed by atoms with Gasteiger partial charge in [0.25, 0.3) is 0 Å². The molecule has 0 aliphatic rings. The molecule has 105 heavy (non-hydrogen) atoms. The lowest BCUT2D eigenvalue weighted by atomic mass is 10.0. The van der Waals surface area contributed by atoms with Crippen LogP contribution in [0.1, 0.15) is 425 Å². The van der Waals surface area contributed by atoms with Gasteiger partial charge in [-0.2, -0.15) is 0 Å². The Morgan fingerprint density at radius 2 is 0.543 bits per heavy atom. The lowest BCUT2D eigenvalue weighted by molar-refractivity contribution is -0.870. The maximum atomic E-state index is 13.0. The van der Waals surface area contributed by atoms with Crippen molar-refractivity contribution in [3.8, 4) is 0 Å². The lowest BCUT2D eigenvalue weighted by Gasteiger charge is -2.26. The van der Waals surface area contributed by atoms with Crippen LogP contribution in [0.5, 0.6) is 0 Å². The predicted molar refractivity (Wildman–Crippen MR) is 454 cm³/mol. The Morgan fingerprint density at radius 1 is 0.295 bits per heavy atom. The number of nitrogens with zero attached hydrogens (tertiary/aromatic N) is 1. The second kappa shape index (κ2) is 85.6. The number of unbranched alkanes of at least 4 members (excludes halogenated alkanes) is 51. The number of hydrogen-bond acceptors (Lipinski definition) is 8. The molecule has 608 valence electrons. The van der Waals surface area contributed by atoms with Gasteiger partial charge in [0.2, 0.25) is 0 Å². The molecule has 0 heterocycles. The standard InChI is InChI=1S/C96H171NO8/c1-6-8-10-12-14-16-18-20-22-24-26-28-30-32-34-36-38-40-42-44-46-47-49-50-52-54-56-58-60-62-64-66-68-70-72-74-76-78-80-82-84-86-93(98)103-90-92(91-104-96(95(100)101)102-89-88-97(3,4)5)105-94(99)87-85-83-81-79-77-75-73-71-69-67-65-63-61-59-57-55-53-51-48-45-43-41-39-37-35-33-31-29-27-25-23-21-19-17-15-13-11-9-7-2/h9,11,15,17-18,20-21,23-24,26-27,29-30,32-33,35,39,41,92,96H,6-8,10,12-14,16,19,22,25,28,31,34,36-38,40,42-91H2,1-5H3/b11-9-,17-15-,20-18-,23-21-,26-24-,29-27-,32-30-,35-33-,41-39-. The molecule has 9 nitrogen and oxygen atoms in total. The lowest BCUT2D eigenvalue weighted by Crippen LogP contribution is -2.44. The largest absolute Gasteiger partial charge is 0.545 e. The maximum absolute atomic E-state index is 13.0. The van der Waals surface area contributed by atoms with Crippen molar-refractivity contribution in [2.75, 3.05) is 47.5 Å². The van der Waals surface area contributed by atoms with Gasteiger partial charge in [-0.15, -0.1) is 0 Å². The second-order valence-electron chi connectivity index (χ2n) is 31.5. The highest BCUT2D eigenvalue weighted by molar-refractivity contribution is 5.70. The minimum atomic E-state index is -1.62. The molecule has 0 aliphatic carbocycles. The molecule has 0 saturated carbocycles. The number of carboxylic acids is 1. The smallest absolute Gasteiger partial charge is 0.306 e. The number of carbonyl (C=O) groups excluding carboxylic acids is 3. The number of carbonyl (C=O) groups is 3. The molecule has 9 heteroatoms. The quantitative estimate of drug-likeness (QED) is 0.0195. The van der Waals surface area contributed by atoms with Crippen LogP contribution in [0, 0.1) is 0 Å².